The molecule has 0 radical (unpaired) electrons. The molecule has 4 rings (SSSR count). The van der Waals surface area contributed by atoms with E-state index in [1.165, 1.54) is 55.2 Å². The smallest absolute Gasteiger partial charge is 0.346 e. The summed E-state index contributed by atoms with van der Waals surface area (Å²) in [5, 5.41) is 7.14. The Morgan fingerprint density at radius 2 is 1.76 bits per heavy atom. The van der Waals surface area contributed by atoms with Gasteiger partial charge in [0.2, 0.25) is 10.0 Å². The second kappa shape index (κ2) is 8.91. The van der Waals surface area contributed by atoms with E-state index in [0.717, 1.165) is 17.1 Å². The van der Waals surface area contributed by atoms with E-state index >= 15 is 0 Å². The zero-order chi connectivity index (χ0) is 23.8. The van der Waals surface area contributed by atoms with Gasteiger partial charge in [0.05, 0.1) is 11.4 Å². The SMILES string of the molecule is CN(C)S(=O)(=O)c1ccc(C(=O)NCCn2nc(-c3ccc(F)cc3)n(C3CC3)c2=O)cc1. The van der Waals surface area contributed by atoms with Gasteiger partial charge in [0, 0.05) is 37.8 Å². The molecule has 1 saturated carbocycles. The molecular formula is C22H24FN5O4S. The number of sulfonamides is 1. The van der Waals surface area contributed by atoms with Gasteiger partial charge in [-0.3, -0.25) is 9.36 Å². The Bertz CT molecular complexity index is 1320. The van der Waals surface area contributed by atoms with Crippen molar-refractivity contribution >= 4 is 15.9 Å². The zero-order valence-electron chi connectivity index (χ0n) is 18.2. The van der Waals surface area contributed by atoms with Crippen LogP contribution in [0.2, 0.25) is 0 Å². The van der Waals surface area contributed by atoms with Gasteiger partial charge in [-0.05, 0) is 61.4 Å². The first-order valence-corrected chi connectivity index (χ1v) is 11.9. The number of carbonyl (C=O) groups is 1. The van der Waals surface area contributed by atoms with Gasteiger partial charge in [-0.1, -0.05) is 0 Å². The largest absolute Gasteiger partial charge is 0.350 e. The van der Waals surface area contributed by atoms with E-state index in [2.05, 4.69) is 10.4 Å². The fraction of sp³-hybridized carbons (Fsp3) is 0.318. The molecule has 3 aromatic rings. The minimum Gasteiger partial charge on any atom is -0.350 e. The molecular weight excluding hydrogens is 449 g/mol. The predicted molar refractivity (Wildman–Crippen MR) is 120 cm³/mol. The van der Waals surface area contributed by atoms with E-state index in [1.54, 1.807) is 16.7 Å². The van der Waals surface area contributed by atoms with Crippen LogP contribution in [-0.4, -0.2) is 53.6 Å². The second-order valence-electron chi connectivity index (χ2n) is 8.01. The van der Waals surface area contributed by atoms with Gasteiger partial charge < -0.3 is 5.32 Å². The van der Waals surface area contributed by atoms with Crippen molar-refractivity contribution in [2.24, 2.45) is 0 Å². The van der Waals surface area contributed by atoms with Crippen molar-refractivity contribution in [3.8, 4) is 11.4 Å². The van der Waals surface area contributed by atoms with Crippen molar-refractivity contribution in [2.45, 2.75) is 30.3 Å². The summed E-state index contributed by atoms with van der Waals surface area (Å²) >= 11 is 0. The highest BCUT2D eigenvalue weighted by molar-refractivity contribution is 7.89. The lowest BCUT2D eigenvalue weighted by Crippen LogP contribution is -2.32. The Morgan fingerprint density at radius 1 is 1.12 bits per heavy atom. The van der Waals surface area contributed by atoms with Crippen molar-refractivity contribution < 1.29 is 17.6 Å². The van der Waals surface area contributed by atoms with Crippen molar-refractivity contribution in [2.75, 3.05) is 20.6 Å². The van der Waals surface area contributed by atoms with E-state index < -0.39 is 15.9 Å². The molecule has 33 heavy (non-hydrogen) atoms. The molecule has 1 N–H and O–H groups in total. The molecule has 1 heterocycles. The van der Waals surface area contributed by atoms with Crippen LogP contribution in [0, 0.1) is 5.82 Å². The van der Waals surface area contributed by atoms with E-state index in [4.69, 9.17) is 0 Å². The fourth-order valence-corrected chi connectivity index (χ4v) is 4.29. The third-order valence-electron chi connectivity index (χ3n) is 5.39. The maximum atomic E-state index is 13.3. The van der Waals surface area contributed by atoms with Gasteiger partial charge in [0.1, 0.15) is 5.82 Å². The molecule has 0 atom stereocenters. The molecule has 0 saturated heterocycles. The number of hydrogen-bond acceptors (Lipinski definition) is 5. The number of benzene rings is 2. The average molecular weight is 474 g/mol. The highest BCUT2D eigenvalue weighted by Crippen LogP contribution is 2.36. The molecule has 1 amide bonds. The maximum absolute atomic E-state index is 13.3. The molecule has 0 bridgehead atoms. The van der Waals surface area contributed by atoms with E-state index in [-0.39, 0.29) is 35.5 Å². The third-order valence-corrected chi connectivity index (χ3v) is 7.22. The lowest BCUT2D eigenvalue weighted by Gasteiger charge is -2.11. The highest BCUT2D eigenvalue weighted by atomic mass is 32.2. The summed E-state index contributed by atoms with van der Waals surface area (Å²) in [6.07, 6.45) is 1.77. The molecule has 2 aromatic carbocycles. The Balaban J connectivity index is 1.45. The molecule has 174 valence electrons. The Hall–Kier alpha value is -3.31. The molecule has 9 nitrogen and oxygen atoms in total. The number of aromatic nitrogens is 3. The van der Waals surface area contributed by atoms with Gasteiger partial charge in [-0.25, -0.2) is 26.6 Å². The summed E-state index contributed by atoms with van der Waals surface area (Å²) < 4.78 is 41.6. The standard InChI is InChI=1S/C22H24FN5O4S/c1-26(2)33(31,32)19-11-5-16(6-12-19)21(29)24-13-14-27-22(30)28(18-9-10-18)20(25-27)15-3-7-17(23)8-4-15/h3-8,11-12,18H,9-10,13-14H2,1-2H3,(H,24,29). The van der Waals surface area contributed by atoms with Gasteiger partial charge in [0.15, 0.2) is 5.82 Å². The minimum absolute atomic E-state index is 0.0813. The molecule has 0 spiro atoms. The van der Waals surface area contributed by atoms with Gasteiger partial charge in [-0.15, -0.1) is 5.10 Å². The van der Waals surface area contributed by atoms with Gasteiger partial charge in [0.25, 0.3) is 5.91 Å². The number of rotatable bonds is 8. The first-order chi connectivity index (χ1) is 15.7. The first-order valence-electron chi connectivity index (χ1n) is 10.4. The van der Waals surface area contributed by atoms with Crippen molar-refractivity contribution in [1.29, 1.82) is 0 Å². The Kier molecular flexibility index (Phi) is 6.17. The molecule has 1 aliphatic carbocycles. The normalized spacial score (nSPS) is 13.9. The summed E-state index contributed by atoms with van der Waals surface area (Å²) in [4.78, 5) is 25.4. The van der Waals surface area contributed by atoms with E-state index in [9.17, 15) is 22.4 Å². The van der Waals surface area contributed by atoms with Crippen molar-refractivity contribution in [3.63, 3.8) is 0 Å². The molecule has 1 fully saturated rings. The minimum atomic E-state index is -3.57. The maximum Gasteiger partial charge on any atom is 0.346 e. The highest BCUT2D eigenvalue weighted by Gasteiger charge is 2.30. The first kappa shape index (κ1) is 22.9. The number of nitrogens with one attached hydrogen (secondary N) is 1. The van der Waals surface area contributed by atoms with Gasteiger partial charge >= 0.3 is 5.69 Å². The third kappa shape index (κ3) is 4.74. The number of nitrogens with zero attached hydrogens (tertiary/aromatic N) is 4. The van der Waals surface area contributed by atoms with Crippen LogP contribution >= 0.6 is 0 Å². The van der Waals surface area contributed by atoms with Crippen LogP contribution in [0.25, 0.3) is 11.4 Å². The number of carbonyl (C=O) groups excluding carboxylic acids is 1. The molecule has 1 aliphatic rings. The molecule has 1 aromatic heterocycles. The van der Waals surface area contributed by atoms with Crippen LogP contribution in [0.15, 0.2) is 58.2 Å². The summed E-state index contributed by atoms with van der Waals surface area (Å²) in [6.45, 7) is 0.312. The summed E-state index contributed by atoms with van der Waals surface area (Å²) in [6, 6.07) is 11.5. The predicted octanol–water partition coefficient (Wildman–Crippen LogP) is 1.87. The monoisotopic (exact) mass is 473 g/mol. The molecule has 0 unspecified atom stereocenters. The van der Waals surface area contributed by atoms with Gasteiger partial charge in [-0.2, -0.15) is 0 Å². The molecule has 0 aliphatic heterocycles. The Morgan fingerprint density at radius 3 is 2.33 bits per heavy atom. The van der Waals surface area contributed by atoms with Crippen LogP contribution in [0.4, 0.5) is 4.39 Å². The fourth-order valence-electron chi connectivity index (χ4n) is 3.39. The number of hydrogen-bond donors (Lipinski definition) is 1. The topological polar surface area (TPSA) is 106 Å². The van der Waals surface area contributed by atoms with E-state index in [0.29, 0.717) is 17.0 Å². The van der Waals surface area contributed by atoms with Crippen LogP contribution in [-0.2, 0) is 16.6 Å². The summed E-state index contributed by atoms with van der Waals surface area (Å²) in [7, 11) is -0.705. The summed E-state index contributed by atoms with van der Waals surface area (Å²) in [5.74, 6) is -0.280. The zero-order valence-corrected chi connectivity index (χ0v) is 19.0. The second-order valence-corrected chi connectivity index (χ2v) is 10.2. The van der Waals surface area contributed by atoms with Crippen LogP contribution in [0.3, 0.4) is 0 Å². The van der Waals surface area contributed by atoms with E-state index in [1.807, 2.05) is 0 Å². The van der Waals surface area contributed by atoms with Crippen LogP contribution in [0.5, 0.6) is 0 Å². The van der Waals surface area contributed by atoms with Crippen LogP contribution in [0.1, 0.15) is 29.2 Å². The average Bonchev–Trinajstić information content (AvgIpc) is 3.58. The number of amides is 1. The lowest BCUT2D eigenvalue weighted by atomic mass is 10.2. The summed E-state index contributed by atoms with van der Waals surface area (Å²) in [5.41, 5.74) is 0.677. The van der Waals surface area contributed by atoms with Crippen molar-refractivity contribution in [3.05, 3.63) is 70.4 Å². The van der Waals surface area contributed by atoms with Crippen molar-refractivity contribution in [1.82, 2.24) is 24.0 Å². The number of halogens is 1. The Labute approximate surface area is 190 Å². The quantitative estimate of drug-likeness (QED) is 0.538. The molecule has 11 heteroatoms. The lowest BCUT2D eigenvalue weighted by molar-refractivity contribution is 0.0951. The van der Waals surface area contributed by atoms with Crippen LogP contribution < -0.4 is 11.0 Å².